The van der Waals surface area contributed by atoms with Crippen molar-refractivity contribution in [3.05, 3.63) is 39.9 Å². The fraction of sp³-hybridized carbons (Fsp3) is 0.538. The fourth-order valence-corrected chi connectivity index (χ4v) is 2.43. The molecule has 1 aliphatic rings. The average molecular weight is 250 g/mol. The highest BCUT2D eigenvalue weighted by Crippen LogP contribution is 2.20. The van der Waals surface area contributed by atoms with Gasteiger partial charge in [-0.3, -0.25) is 15.0 Å². The maximum Gasteiger partial charge on any atom is 0.269 e. The summed E-state index contributed by atoms with van der Waals surface area (Å²) in [7, 11) is 0. The zero-order valence-corrected chi connectivity index (χ0v) is 10.3. The van der Waals surface area contributed by atoms with Crippen LogP contribution < -0.4 is 0 Å². The number of rotatable bonds is 4. The highest BCUT2D eigenvalue weighted by atomic mass is 16.6. The molecule has 18 heavy (non-hydrogen) atoms. The van der Waals surface area contributed by atoms with E-state index < -0.39 is 0 Å². The molecule has 1 heterocycles. The normalized spacial score (nSPS) is 20.8. The van der Waals surface area contributed by atoms with Crippen molar-refractivity contribution < 1.29 is 10.0 Å². The lowest BCUT2D eigenvalue weighted by Crippen LogP contribution is -2.41. The zero-order valence-electron chi connectivity index (χ0n) is 10.3. The van der Waals surface area contributed by atoms with Crippen molar-refractivity contribution in [3.63, 3.8) is 0 Å². The maximum absolute atomic E-state index is 10.6. The van der Waals surface area contributed by atoms with Crippen LogP contribution in [0.4, 0.5) is 5.69 Å². The monoisotopic (exact) mass is 250 g/mol. The van der Waals surface area contributed by atoms with Gasteiger partial charge in [-0.1, -0.05) is 18.6 Å². The Morgan fingerprint density at radius 1 is 1.33 bits per heavy atom. The van der Waals surface area contributed by atoms with Gasteiger partial charge < -0.3 is 5.11 Å². The van der Waals surface area contributed by atoms with E-state index in [1.165, 1.54) is 18.6 Å². The second-order valence-electron chi connectivity index (χ2n) is 4.73. The lowest BCUT2D eigenvalue weighted by atomic mass is 10.0. The number of benzene rings is 1. The molecule has 1 aromatic rings. The Kier molecular flexibility index (Phi) is 4.28. The third-order valence-electron chi connectivity index (χ3n) is 3.49. The minimum Gasteiger partial charge on any atom is -0.395 e. The Morgan fingerprint density at radius 2 is 2.06 bits per heavy atom. The van der Waals surface area contributed by atoms with Crippen molar-refractivity contribution in [2.24, 2.45) is 0 Å². The van der Waals surface area contributed by atoms with Gasteiger partial charge in [-0.15, -0.1) is 0 Å². The number of hydrogen-bond acceptors (Lipinski definition) is 4. The molecule has 98 valence electrons. The highest BCUT2D eigenvalue weighted by molar-refractivity contribution is 5.32. The second-order valence-corrected chi connectivity index (χ2v) is 4.73. The van der Waals surface area contributed by atoms with E-state index >= 15 is 0 Å². The number of nitro benzene ring substituents is 1. The van der Waals surface area contributed by atoms with Gasteiger partial charge in [0.2, 0.25) is 0 Å². The molecule has 0 aliphatic carbocycles. The van der Waals surface area contributed by atoms with Crippen molar-refractivity contribution >= 4 is 5.69 Å². The summed E-state index contributed by atoms with van der Waals surface area (Å²) in [6.45, 7) is 1.93. The Hall–Kier alpha value is -1.46. The quantitative estimate of drug-likeness (QED) is 0.655. The molecule has 0 spiro atoms. The molecule has 0 aromatic heterocycles. The number of likely N-dealkylation sites (tertiary alicyclic amines) is 1. The number of aliphatic hydroxyl groups is 1. The van der Waals surface area contributed by atoms with Gasteiger partial charge in [-0.2, -0.15) is 0 Å². The van der Waals surface area contributed by atoms with Gasteiger partial charge in [0.15, 0.2) is 0 Å². The van der Waals surface area contributed by atoms with Crippen LogP contribution in [0.15, 0.2) is 24.3 Å². The average Bonchev–Trinajstić information content (AvgIpc) is 2.40. The lowest BCUT2D eigenvalue weighted by molar-refractivity contribution is -0.384. The predicted octanol–water partition coefficient (Wildman–Crippen LogP) is 1.94. The van der Waals surface area contributed by atoms with Gasteiger partial charge in [0.25, 0.3) is 5.69 Å². The first-order valence-corrected chi connectivity index (χ1v) is 6.29. The van der Waals surface area contributed by atoms with Gasteiger partial charge >= 0.3 is 0 Å². The van der Waals surface area contributed by atoms with E-state index in [1.54, 1.807) is 12.1 Å². The summed E-state index contributed by atoms with van der Waals surface area (Å²) in [5.74, 6) is 0. The molecule has 0 saturated carbocycles. The molecule has 5 nitrogen and oxygen atoms in total. The first-order valence-electron chi connectivity index (χ1n) is 6.29. The summed E-state index contributed by atoms with van der Waals surface area (Å²) in [5.41, 5.74) is 1.18. The zero-order chi connectivity index (χ0) is 13.0. The van der Waals surface area contributed by atoms with E-state index in [0.29, 0.717) is 0 Å². The topological polar surface area (TPSA) is 66.6 Å². The molecular weight excluding hydrogens is 232 g/mol. The molecule has 1 aromatic carbocycles. The number of hydrogen-bond donors (Lipinski definition) is 1. The maximum atomic E-state index is 10.6. The number of nitro groups is 1. The minimum atomic E-state index is -0.388. The molecule has 5 heteroatoms. The summed E-state index contributed by atoms with van der Waals surface area (Å²) in [5, 5.41) is 19.9. The van der Waals surface area contributed by atoms with Crippen LogP contribution in [0.5, 0.6) is 0 Å². The Balaban J connectivity index is 2.01. The van der Waals surface area contributed by atoms with Crippen LogP contribution in [0.25, 0.3) is 0 Å². The van der Waals surface area contributed by atoms with Crippen LogP contribution in [0.2, 0.25) is 0 Å². The largest absolute Gasteiger partial charge is 0.395 e. The smallest absolute Gasteiger partial charge is 0.269 e. The molecule has 0 bridgehead atoms. The van der Waals surface area contributed by atoms with E-state index in [-0.39, 0.29) is 23.3 Å². The summed E-state index contributed by atoms with van der Waals surface area (Å²) in [6.07, 6.45) is 3.36. The number of non-ortho nitro benzene ring substituents is 1. The van der Waals surface area contributed by atoms with Gasteiger partial charge in [-0.05, 0) is 24.9 Å². The van der Waals surface area contributed by atoms with Crippen LogP contribution in [0.1, 0.15) is 24.8 Å². The first-order chi connectivity index (χ1) is 8.70. The van der Waals surface area contributed by atoms with Crippen molar-refractivity contribution in [1.29, 1.82) is 0 Å². The lowest BCUT2D eigenvalue weighted by Gasteiger charge is -2.34. The van der Waals surface area contributed by atoms with Gasteiger partial charge in [-0.25, -0.2) is 0 Å². The molecule has 1 aliphatic heterocycles. The molecule has 1 N–H and O–H groups in total. The molecule has 1 saturated heterocycles. The van der Waals surface area contributed by atoms with Crippen LogP contribution >= 0.6 is 0 Å². The minimum absolute atomic E-state index is 0.121. The van der Waals surface area contributed by atoms with Gasteiger partial charge in [0.1, 0.15) is 0 Å². The van der Waals surface area contributed by atoms with Crippen LogP contribution in [-0.4, -0.2) is 34.1 Å². The van der Waals surface area contributed by atoms with Crippen LogP contribution in [-0.2, 0) is 6.54 Å². The van der Waals surface area contributed by atoms with Gasteiger partial charge in [0.05, 0.1) is 11.5 Å². The van der Waals surface area contributed by atoms with E-state index in [1.807, 2.05) is 0 Å². The Bertz CT molecular complexity index is 405. The van der Waals surface area contributed by atoms with Crippen molar-refractivity contribution in [3.8, 4) is 0 Å². The molecule has 1 atom stereocenters. The fourth-order valence-electron chi connectivity index (χ4n) is 2.43. The van der Waals surface area contributed by atoms with E-state index in [9.17, 15) is 15.2 Å². The summed E-state index contributed by atoms with van der Waals surface area (Å²) in [6, 6.07) is 6.89. The predicted molar refractivity (Wildman–Crippen MR) is 68.2 cm³/mol. The number of nitrogens with zero attached hydrogens (tertiary/aromatic N) is 2. The number of aliphatic hydroxyl groups excluding tert-OH is 1. The Labute approximate surface area is 106 Å². The van der Waals surface area contributed by atoms with Crippen LogP contribution in [0, 0.1) is 10.1 Å². The first kappa shape index (κ1) is 13.0. The van der Waals surface area contributed by atoms with E-state index in [0.717, 1.165) is 31.5 Å². The SMILES string of the molecule is O=[N+]([O-])c1ccc(CN2CCCCC2CO)cc1. The van der Waals surface area contributed by atoms with Crippen LogP contribution in [0.3, 0.4) is 0 Å². The molecule has 0 amide bonds. The van der Waals surface area contributed by atoms with E-state index in [4.69, 9.17) is 0 Å². The number of piperidine rings is 1. The van der Waals surface area contributed by atoms with Gasteiger partial charge in [0, 0.05) is 24.7 Å². The summed E-state index contributed by atoms with van der Waals surface area (Å²) >= 11 is 0. The second kappa shape index (κ2) is 5.93. The molecule has 2 rings (SSSR count). The molecular formula is C13H18N2O3. The summed E-state index contributed by atoms with van der Waals surface area (Å²) < 4.78 is 0. The Morgan fingerprint density at radius 3 is 2.67 bits per heavy atom. The van der Waals surface area contributed by atoms with Crippen molar-refractivity contribution in [1.82, 2.24) is 4.90 Å². The molecule has 1 unspecified atom stereocenters. The molecule has 0 radical (unpaired) electrons. The molecule has 1 fully saturated rings. The van der Waals surface area contributed by atoms with Crippen molar-refractivity contribution in [2.45, 2.75) is 31.8 Å². The standard InChI is InChI=1S/C13H18N2O3/c16-10-13-3-1-2-8-14(13)9-11-4-6-12(7-5-11)15(17)18/h4-7,13,16H,1-3,8-10H2. The highest BCUT2D eigenvalue weighted by Gasteiger charge is 2.21. The third-order valence-corrected chi connectivity index (χ3v) is 3.49. The van der Waals surface area contributed by atoms with E-state index in [2.05, 4.69) is 4.90 Å². The summed E-state index contributed by atoms with van der Waals surface area (Å²) in [4.78, 5) is 12.4. The third kappa shape index (κ3) is 3.05. The van der Waals surface area contributed by atoms with Crippen molar-refractivity contribution in [2.75, 3.05) is 13.2 Å².